The predicted octanol–water partition coefficient (Wildman–Crippen LogP) is 15.8. The summed E-state index contributed by atoms with van der Waals surface area (Å²) >= 11 is 0. The molecule has 8 bridgehead atoms. The molecule has 0 radical (unpaired) electrons. The number of hydrogen-bond acceptors (Lipinski definition) is 6. The topological polar surface area (TPSA) is 94.3 Å². The van der Waals surface area contributed by atoms with E-state index >= 15 is 0 Å². The van der Waals surface area contributed by atoms with Crippen molar-refractivity contribution in [3.05, 3.63) is 95.6 Å². The van der Waals surface area contributed by atoms with Gasteiger partial charge in [0.15, 0.2) is 0 Å². The Morgan fingerprint density at radius 1 is 0.375 bits per heavy atom. The Bertz CT molecular complexity index is 2260. The monoisotopic (exact) mass is 863 g/mol. The minimum atomic E-state index is 0.638. The van der Waals surface area contributed by atoms with Crippen LogP contribution in [0.3, 0.4) is 0 Å². The Labute approximate surface area is 381 Å². The zero-order chi connectivity index (χ0) is 44.4. The molecule has 2 aliphatic rings. The number of rotatable bonds is 26. The number of hydrogen-bond donors (Lipinski definition) is 2. The highest BCUT2D eigenvalue weighted by molar-refractivity contribution is 5.97. The molecule has 8 nitrogen and oxygen atoms in total. The van der Waals surface area contributed by atoms with Crippen LogP contribution in [0.15, 0.2) is 72.8 Å². The molecule has 0 saturated carbocycles. The summed E-state index contributed by atoms with van der Waals surface area (Å²) < 4.78 is 26.6. The Balaban J connectivity index is 1.39. The van der Waals surface area contributed by atoms with Crippen molar-refractivity contribution >= 4 is 46.4 Å². The van der Waals surface area contributed by atoms with Gasteiger partial charge >= 0.3 is 0 Å². The molecule has 0 spiro atoms. The molecule has 2 N–H and O–H groups in total. The molecule has 5 heterocycles. The van der Waals surface area contributed by atoms with Crippen LogP contribution in [0.2, 0.25) is 0 Å². The third-order valence-electron chi connectivity index (χ3n) is 11.9. The van der Waals surface area contributed by atoms with E-state index in [0.29, 0.717) is 26.4 Å². The molecule has 2 aliphatic heterocycles. The molecule has 0 unspecified atom stereocenters. The highest BCUT2D eigenvalue weighted by atomic mass is 16.5. The van der Waals surface area contributed by atoms with Gasteiger partial charge in [-0.3, -0.25) is 0 Å². The molecular formula is C56H70N4O4. The van der Waals surface area contributed by atoms with Crippen molar-refractivity contribution in [2.24, 2.45) is 0 Å². The molecule has 5 aromatic rings. The molecule has 0 fully saturated rings. The van der Waals surface area contributed by atoms with Gasteiger partial charge in [-0.05, 0) is 111 Å². The Morgan fingerprint density at radius 2 is 0.719 bits per heavy atom. The lowest BCUT2D eigenvalue weighted by Gasteiger charge is -2.17. The third-order valence-corrected chi connectivity index (χ3v) is 11.9. The average Bonchev–Trinajstić information content (AvgIpc) is 4.15. The molecule has 0 aliphatic carbocycles. The van der Waals surface area contributed by atoms with Crippen LogP contribution in [0.1, 0.15) is 153 Å². The molecule has 3 aromatic heterocycles. The van der Waals surface area contributed by atoms with Gasteiger partial charge in [0.2, 0.25) is 0 Å². The summed E-state index contributed by atoms with van der Waals surface area (Å²) in [6.07, 6.45) is 26.5. The second kappa shape index (κ2) is 24.3. The Hall–Kier alpha value is -5.76. The van der Waals surface area contributed by atoms with Crippen LogP contribution in [0.25, 0.3) is 68.6 Å². The van der Waals surface area contributed by atoms with Crippen LogP contribution in [-0.2, 0) is 0 Å². The van der Waals surface area contributed by atoms with Crippen LogP contribution in [-0.4, -0.2) is 46.4 Å². The van der Waals surface area contributed by atoms with Crippen molar-refractivity contribution in [1.29, 1.82) is 0 Å². The molecule has 8 heteroatoms. The first kappa shape index (κ1) is 46.2. The number of fused-ring (bicyclic) bond motifs is 8. The van der Waals surface area contributed by atoms with E-state index in [-0.39, 0.29) is 0 Å². The number of aromatic amines is 2. The van der Waals surface area contributed by atoms with Crippen LogP contribution >= 0.6 is 0 Å². The summed E-state index contributed by atoms with van der Waals surface area (Å²) in [4.78, 5) is 18.1. The van der Waals surface area contributed by atoms with E-state index in [1.165, 1.54) is 51.4 Å². The normalized spacial score (nSPS) is 11.9. The fourth-order valence-electron chi connectivity index (χ4n) is 8.44. The maximum Gasteiger partial charge on any atom is 0.131 e. The van der Waals surface area contributed by atoms with E-state index < -0.39 is 0 Å². The predicted molar refractivity (Wildman–Crippen MR) is 268 cm³/mol. The Morgan fingerprint density at radius 3 is 1.05 bits per heavy atom. The first-order valence-electron chi connectivity index (χ1n) is 24.5. The van der Waals surface area contributed by atoms with E-state index in [0.717, 1.165) is 141 Å². The van der Waals surface area contributed by atoms with Gasteiger partial charge in [-0.1, -0.05) is 117 Å². The maximum atomic E-state index is 6.64. The minimum Gasteiger partial charge on any atom is -0.493 e. The number of aromatic nitrogens is 4. The summed E-state index contributed by atoms with van der Waals surface area (Å²) in [5, 5.41) is 0. The Kier molecular flexibility index (Phi) is 17.6. The molecule has 64 heavy (non-hydrogen) atoms. The third kappa shape index (κ3) is 12.3. The number of unbranched alkanes of at least 4 members (excludes halogenated alkanes) is 12. The van der Waals surface area contributed by atoms with Gasteiger partial charge in [-0.2, -0.15) is 0 Å². The maximum absolute atomic E-state index is 6.64. The molecule has 7 rings (SSSR count). The lowest BCUT2D eigenvalue weighted by atomic mass is 10.0. The molecular weight excluding hydrogens is 793 g/mol. The van der Waals surface area contributed by atoms with Gasteiger partial charge in [-0.15, -0.1) is 0 Å². The summed E-state index contributed by atoms with van der Waals surface area (Å²) in [6, 6.07) is 25.1. The molecule has 2 aromatic carbocycles. The van der Waals surface area contributed by atoms with Gasteiger partial charge in [-0.25, -0.2) is 9.97 Å². The van der Waals surface area contributed by atoms with Crippen molar-refractivity contribution in [2.45, 2.75) is 130 Å². The van der Waals surface area contributed by atoms with Crippen LogP contribution in [0.4, 0.5) is 0 Å². The molecule has 0 amide bonds. The number of benzene rings is 2. The number of ether oxygens (including phenoxy) is 4. The first-order chi connectivity index (χ1) is 31.6. The second-order valence-corrected chi connectivity index (χ2v) is 17.1. The fourth-order valence-corrected chi connectivity index (χ4v) is 8.44. The molecule has 0 saturated heterocycles. The second-order valence-electron chi connectivity index (χ2n) is 17.1. The standard InChI is InChI=1S/C56H70N4O4/c1-5-9-13-17-35-61-49-23-21-24-50(62-36-18-14-10-6-2)55(49)53-45-31-27-41(57-45)39-43-29-33-47(59-43)54(48-34-30-44(60-48)40-42-28-32-46(53)58-42)56-51(63-37-19-15-11-7-3)25-22-26-52(56)64-38-20-16-12-8-4/h21-34,39-40,57,60H,5-20,35-38H2,1-4H3. The van der Waals surface area contributed by atoms with Crippen LogP contribution in [0, 0.1) is 0 Å². The van der Waals surface area contributed by atoms with Crippen molar-refractivity contribution in [1.82, 2.24) is 19.9 Å². The van der Waals surface area contributed by atoms with E-state index in [1.54, 1.807) is 0 Å². The van der Waals surface area contributed by atoms with Gasteiger partial charge < -0.3 is 28.9 Å². The summed E-state index contributed by atoms with van der Waals surface area (Å²) in [7, 11) is 0. The van der Waals surface area contributed by atoms with Gasteiger partial charge in [0.25, 0.3) is 0 Å². The zero-order valence-corrected chi connectivity index (χ0v) is 38.9. The van der Waals surface area contributed by atoms with E-state index in [4.69, 9.17) is 28.9 Å². The number of nitrogens with one attached hydrogen (secondary N) is 2. The summed E-state index contributed by atoms with van der Waals surface area (Å²) in [5.41, 5.74) is 10.8. The van der Waals surface area contributed by atoms with Crippen LogP contribution < -0.4 is 18.9 Å². The van der Waals surface area contributed by atoms with Gasteiger partial charge in [0, 0.05) is 33.2 Å². The number of nitrogens with zero attached hydrogens (tertiary/aromatic N) is 2. The van der Waals surface area contributed by atoms with Gasteiger partial charge in [0.1, 0.15) is 23.0 Å². The summed E-state index contributed by atoms with van der Waals surface area (Å²) in [6.45, 7) is 11.5. The highest BCUT2D eigenvalue weighted by Crippen LogP contribution is 2.45. The zero-order valence-electron chi connectivity index (χ0n) is 38.9. The molecule has 338 valence electrons. The highest BCUT2D eigenvalue weighted by Gasteiger charge is 2.22. The average molecular weight is 863 g/mol. The van der Waals surface area contributed by atoms with Gasteiger partial charge in [0.05, 0.1) is 60.3 Å². The summed E-state index contributed by atoms with van der Waals surface area (Å²) in [5.74, 6) is 3.20. The van der Waals surface area contributed by atoms with Crippen molar-refractivity contribution in [3.63, 3.8) is 0 Å². The lowest BCUT2D eigenvalue weighted by molar-refractivity contribution is 0.292. The SMILES string of the molecule is CCCCCCOc1cccc(OCCCCCC)c1-c1c2nc(cc3ccc([nH]3)c(-c3c(OCCCCCC)cccc3OCCCCCC)c3nc(cc4ccc1[nH]4)C=C3)C=C2. The quantitative estimate of drug-likeness (QED) is 0.0527. The minimum absolute atomic E-state index is 0.638. The smallest absolute Gasteiger partial charge is 0.131 e. The first-order valence-corrected chi connectivity index (χ1v) is 24.5. The van der Waals surface area contributed by atoms with Crippen molar-refractivity contribution < 1.29 is 18.9 Å². The fraction of sp³-hybridized carbons (Fsp3) is 0.429. The van der Waals surface area contributed by atoms with E-state index in [2.05, 4.69) is 123 Å². The van der Waals surface area contributed by atoms with E-state index in [1.807, 2.05) is 12.1 Å². The molecule has 0 atom stereocenters. The van der Waals surface area contributed by atoms with Crippen molar-refractivity contribution in [3.8, 4) is 45.3 Å². The lowest BCUT2D eigenvalue weighted by Crippen LogP contribution is -2.03. The van der Waals surface area contributed by atoms with Crippen LogP contribution in [0.5, 0.6) is 23.0 Å². The van der Waals surface area contributed by atoms with Crippen molar-refractivity contribution in [2.75, 3.05) is 26.4 Å². The largest absolute Gasteiger partial charge is 0.493 e. The van der Waals surface area contributed by atoms with E-state index in [9.17, 15) is 0 Å². The number of H-pyrrole nitrogens is 2.